The van der Waals surface area contributed by atoms with E-state index >= 15 is 0 Å². The molecule has 2 heterocycles. The predicted octanol–water partition coefficient (Wildman–Crippen LogP) is 1.93. The Hall–Kier alpha value is -1.88. The van der Waals surface area contributed by atoms with Gasteiger partial charge in [0, 0.05) is 12.4 Å². The Labute approximate surface area is 96.3 Å². The Balaban J connectivity index is 2.47. The molecule has 0 spiro atoms. The molecule has 0 aliphatic carbocycles. The number of imidazole rings is 1. The zero-order valence-electron chi connectivity index (χ0n) is 8.38. The molecule has 0 aromatic carbocycles. The lowest BCUT2D eigenvalue weighted by Crippen LogP contribution is -2.01. The first-order valence-electron chi connectivity index (χ1n) is 4.48. The minimum absolute atomic E-state index is 0.0607. The van der Waals surface area contributed by atoms with Crippen molar-refractivity contribution in [3.8, 4) is 5.82 Å². The molecule has 0 aliphatic heterocycles. The van der Waals surface area contributed by atoms with Crippen LogP contribution in [0.15, 0.2) is 24.8 Å². The number of rotatable bonds is 2. The summed E-state index contributed by atoms with van der Waals surface area (Å²) in [5.41, 5.74) is 0.894. The molecule has 0 radical (unpaired) electrons. The molecule has 0 saturated carbocycles. The third-order valence-corrected chi connectivity index (χ3v) is 2.30. The number of aromatic nitrogens is 3. The summed E-state index contributed by atoms with van der Waals surface area (Å²) >= 11 is 5.94. The first-order chi connectivity index (χ1) is 7.58. The van der Waals surface area contributed by atoms with Crippen molar-refractivity contribution in [3.05, 3.63) is 41.1 Å². The van der Waals surface area contributed by atoms with E-state index in [1.165, 1.54) is 12.3 Å². The van der Waals surface area contributed by atoms with Crippen LogP contribution >= 0.6 is 11.6 Å². The number of aryl methyl sites for hydroxylation is 1. The minimum Gasteiger partial charge on any atom is -0.478 e. The molecule has 6 heteroatoms. The lowest BCUT2D eigenvalue weighted by atomic mass is 10.3. The van der Waals surface area contributed by atoms with Crippen LogP contribution in [0.25, 0.3) is 5.82 Å². The predicted molar refractivity (Wildman–Crippen MR) is 58.1 cm³/mol. The number of halogens is 1. The molecule has 16 heavy (non-hydrogen) atoms. The quantitative estimate of drug-likeness (QED) is 0.867. The lowest BCUT2D eigenvalue weighted by molar-refractivity contribution is 0.0696. The number of carbonyl (C=O) groups is 1. The Morgan fingerprint density at radius 1 is 1.50 bits per heavy atom. The van der Waals surface area contributed by atoms with E-state index < -0.39 is 5.97 Å². The van der Waals surface area contributed by atoms with Crippen LogP contribution in [0.4, 0.5) is 0 Å². The number of hydrogen-bond donors (Lipinski definition) is 1. The highest BCUT2D eigenvalue weighted by atomic mass is 35.5. The fourth-order valence-electron chi connectivity index (χ4n) is 1.27. The molecule has 0 amide bonds. The van der Waals surface area contributed by atoms with Crippen molar-refractivity contribution < 1.29 is 9.90 Å². The highest BCUT2D eigenvalue weighted by molar-refractivity contribution is 6.32. The molecule has 2 aromatic rings. The summed E-state index contributed by atoms with van der Waals surface area (Å²) in [5.74, 6) is -0.588. The Bertz CT molecular complexity index is 551. The standard InChI is InChI=1S/C10H8ClN3O2/c1-6-4-14(5-13-6)9-8(11)2-7(3-12-9)10(15)16/h2-5H,1H3,(H,15,16). The van der Waals surface area contributed by atoms with Crippen LogP contribution < -0.4 is 0 Å². The maximum Gasteiger partial charge on any atom is 0.337 e. The molecular formula is C10H8ClN3O2. The number of pyridine rings is 1. The van der Waals surface area contributed by atoms with Gasteiger partial charge < -0.3 is 5.11 Å². The monoisotopic (exact) mass is 237 g/mol. The van der Waals surface area contributed by atoms with Crippen LogP contribution in [-0.4, -0.2) is 25.6 Å². The van der Waals surface area contributed by atoms with E-state index in [0.29, 0.717) is 5.82 Å². The number of hydrogen-bond acceptors (Lipinski definition) is 3. The van der Waals surface area contributed by atoms with Crippen molar-refractivity contribution in [2.75, 3.05) is 0 Å². The SMILES string of the molecule is Cc1cn(-c2ncc(C(=O)O)cc2Cl)cn1. The van der Waals surface area contributed by atoms with Gasteiger partial charge in [0.1, 0.15) is 6.33 Å². The van der Waals surface area contributed by atoms with Gasteiger partial charge in [-0.25, -0.2) is 14.8 Å². The van der Waals surface area contributed by atoms with E-state index in [1.54, 1.807) is 17.1 Å². The van der Waals surface area contributed by atoms with Gasteiger partial charge in [0.25, 0.3) is 0 Å². The molecule has 0 fully saturated rings. The molecule has 82 valence electrons. The van der Waals surface area contributed by atoms with Crippen molar-refractivity contribution in [1.29, 1.82) is 0 Å². The van der Waals surface area contributed by atoms with Crippen LogP contribution in [0, 0.1) is 6.92 Å². The molecule has 5 nitrogen and oxygen atoms in total. The van der Waals surface area contributed by atoms with Gasteiger partial charge in [-0.1, -0.05) is 11.6 Å². The van der Waals surface area contributed by atoms with Crippen LogP contribution in [-0.2, 0) is 0 Å². The fraction of sp³-hybridized carbons (Fsp3) is 0.100. The summed E-state index contributed by atoms with van der Waals surface area (Å²) < 4.78 is 1.64. The molecule has 1 N–H and O–H groups in total. The first-order valence-corrected chi connectivity index (χ1v) is 4.85. The first kappa shape index (κ1) is 10.6. The number of carboxylic acid groups (broad SMARTS) is 1. The molecule has 2 rings (SSSR count). The highest BCUT2D eigenvalue weighted by Crippen LogP contribution is 2.19. The van der Waals surface area contributed by atoms with Crippen molar-refractivity contribution in [1.82, 2.24) is 14.5 Å². The summed E-state index contributed by atoms with van der Waals surface area (Å²) in [4.78, 5) is 18.7. The average molecular weight is 238 g/mol. The van der Waals surface area contributed by atoms with Crippen LogP contribution in [0.5, 0.6) is 0 Å². The zero-order chi connectivity index (χ0) is 11.7. The zero-order valence-corrected chi connectivity index (χ0v) is 9.14. The van der Waals surface area contributed by atoms with E-state index in [2.05, 4.69) is 9.97 Å². The van der Waals surface area contributed by atoms with Gasteiger partial charge in [0.05, 0.1) is 16.3 Å². The van der Waals surface area contributed by atoms with Gasteiger partial charge in [-0.3, -0.25) is 4.57 Å². The van der Waals surface area contributed by atoms with Gasteiger partial charge in [-0.15, -0.1) is 0 Å². The molecule has 0 unspecified atom stereocenters. The summed E-state index contributed by atoms with van der Waals surface area (Å²) in [7, 11) is 0. The average Bonchev–Trinajstić information content (AvgIpc) is 2.64. The van der Waals surface area contributed by atoms with Crippen molar-refractivity contribution in [3.63, 3.8) is 0 Å². The van der Waals surface area contributed by atoms with Gasteiger partial charge in [-0.05, 0) is 13.0 Å². The van der Waals surface area contributed by atoms with E-state index in [0.717, 1.165) is 5.69 Å². The second kappa shape index (κ2) is 3.94. The summed E-state index contributed by atoms with van der Waals surface area (Å²) in [6.07, 6.45) is 4.59. The lowest BCUT2D eigenvalue weighted by Gasteiger charge is -2.04. The van der Waals surface area contributed by atoms with Crippen molar-refractivity contribution in [2.24, 2.45) is 0 Å². The Morgan fingerprint density at radius 2 is 2.25 bits per heavy atom. The highest BCUT2D eigenvalue weighted by Gasteiger charge is 2.09. The molecule has 2 aromatic heterocycles. The largest absolute Gasteiger partial charge is 0.478 e. The molecule has 0 bridgehead atoms. The van der Waals surface area contributed by atoms with Crippen molar-refractivity contribution >= 4 is 17.6 Å². The maximum atomic E-state index is 10.7. The van der Waals surface area contributed by atoms with E-state index in [-0.39, 0.29) is 10.6 Å². The Kier molecular flexibility index (Phi) is 2.62. The summed E-state index contributed by atoms with van der Waals surface area (Å²) in [6, 6.07) is 1.36. The third-order valence-electron chi connectivity index (χ3n) is 2.02. The molecular weight excluding hydrogens is 230 g/mol. The van der Waals surface area contributed by atoms with E-state index in [4.69, 9.17) is 16.7 Å². The van der Waals surface area contributed by atoms with Gasteiger partial charge in [0.2, 0.25) is 0 Å². The number of aromatic carboxylic acids is 1. The van der Waals surface area contributed by atoms with Crippen molar-refractivity contribution in [2.45, 2.75) is 6.92 Å². The molecule has 0 saturated heterocycles. The molecule has 0 atom stereocenters. The van der Waals surface area contributed by atoms with E-state index in [9.17, 15) is 4.79 Å². The van der Waals surface area contributed by atoms with Gasteiger partial charge in [-0.2, -0.15) is 0 Å². The van der Waals surface area contributed by atoms with Gasteiger partial charge >= 0.3 is 5.97 Å². The molecule has 0 aliphatic rings. The minimum atomic E-state index is -1.05. The third kappa shape index (κ3) is 1.90. The number of nitrogens with zero attached hydrogens (tertiary/aromatic N) is 3. The maximum absolute atomic E-state index is 10.7. The second-order valence-electron chi connectivity index (χ2n) is 3.26. The summed E-state index contributed by atoms with van der Waals surface area (Å²) in [5, 5.41) is 9.03. The smallest absolute Gasteiger partial charge is 0.337 e. The topological polar surface area (TPSA) is 68.0 Å². The van der Waals surface area contributed by atoms with E-state index in [1.807, 2.05) is 6.92 Å². The Morgan fingerprint density at radius 3 is 2.75 bits per heavy atom. The fourth-order valence-corrected chi connectivity index (χ4v) is 1.54. The van der Waals surface area contributed by atoms with Crippen LogP contribution in [0.1, 0.15) is 16.1 Å². The summed E-state index contributed by atoms with van der Waals surface area (Å²) in [6.45, 7) is 1.84. The second-order valence-corrected chi connectivity index (χ2v) is 3.66. The van der Waals surface area contributed by atoms with Crippen LogP contribution in [0.3, 0.4) is 0 Å². The number of carboxylic acids is 1. The normalized spacial score (nSPS) is 10.4. The van der Waals surface area contributed by atoms with Gasteiger partial charge in [0.15, 0.2) is 5.82 Å². The van der Waals surface area contributed by atoms with Crippen LogP contribution in [0.2, 0.25) is 5.02 Å².